The summed E-state index contributed by atoms with van der Waals surface area (Å²) in [6.45, 7) is 9.01. The van der Waals surface area contributed by atoms with E-state index in [9.17, 15) is 19.5 Å². The Bertz CT molecular complexity index is 723. The van der Waals surface area contributed by atoms with Crippen LogP contribution in [0.1, 0.15) is 45.7 Å². The van der Waals surface area contributed by atoms with Crippen molar-refractivity contribution in [3.05, 3.63) is 35.4 Å². The van der Waals surface area contributed by atoms with Crippen LogP contribution in [0, 0.1) is 5.92 Å². The fraction of sp³-hybridized carbons (Fsp3) is 0.550. The lowest BCUT2D eigenvalue weighted by Crippen LogP contribution is -2.57. The number of rotatable bonds is 4. The number of carboxylic acids is 1. The predicted octanol–water partition coefficient (Wildman–Crippen LogP) is 2.57. The number of nitrogens with one attached hydrogen (secondary N) is 1. The molecule has 148 valence electrons. The van der Waals surface area contributed by atoms with Gasteiger partial charge in [-0.15, -0.1) is 0 Å². The van der Waals surface area contributed by atoms with Gasteiger partial charge in [0.05, 0.1) is 0 Å². The first-order chi connectivity index (χ1) is 12.5. The van der Waals surface area contributed by atoms with E-state index in [1.165, 1.54) is 4.90 Å². The van der Waals surface area contributed by atoms with Crippen LogP contribution in [0.15, 0.2) is 24.3 Å². The normalized spacial score (nSPS) is 17.9. The second-order valence-corrected chi connectivity index (χ2v) is 8.16. The Morgan fingerprint density at radius 2 is 1.78 bits per heavy atom. The molecule has 0 aromatic heterocycles. The first kappa shape index (κ1) is 20.7. The number of hydrogen-bond acceptors (Lipinski definition) is 4. The highest BCUT2D eigenvalue weighted by molar-refractivity contribution is 5.90. The van der Waals surface area contributed by atoms with Crippen LogP contribution in [0.3, 0.4) is 0 Å². The minimum atomic E-state index is -1.06. The molecule has 0 unspecified atom stereocenters. The van der Waals surface area contributed by atoms with E-state index < -0.39 is 35.7 Å². The highest BCUT2D eigenvalue weighted by atomic mass is 16.6. The van der Waals surface area contributed by atoms with E-state index in [0.29, 0.717) is 0 Å². The third-order valence-corrected chi connectivity index (χ3v) is 4.42. The lowest BCUT2D eigenvalue weighted by atomic mass is 9.92. The van der Waals surface area contributed by atoms with Gasteiger partial charge in [-0.2, -0.15) is 0 Å². The number of carbonyl (C=O) groups excluding carboxylic acids is 2. The van der Waals surface area contributed by atoms with Gasteiger partial charge < -0.3 is 20.1 Å². The second kappa shape index (κ2) is 7.98. The summed E-state index contributed by atoms with van der Waals surface area (Å²) in [7, 11) is 0. The van der Waals surface area contributed by atoms with Gasteiger partial charge in [0.1, 0.15) is 17.7 Å². The Balaban J connectivity index is 2.25. The monoisotopic (exact) mass is 376 g/mol. The predicted molar refractivity (Wildman–Crippen MR) is 100 cm³/mol. The standard InChI is InChI=1S/C20H28N2O5/c1-12(2)16(21-19(26)27-20(3,4)5)17(23)22-11-14-9-7-6-8-13(14)10-15(22)18(24)25/h6-9,12,15-16H,10-11H2,1-5H3,(H,21,26)(H,24,25)/t15-,16+/m1/s1. The van der Waals surface area contributed by atoms with E-state index in [4.69, 9.17) is 4.74 Å². The zero-order valence-electron chi connectivity index (χ0n) is 16.5. The summed E-state index contributed by atoms with van der Waals surface area (Å²) in [4.78, 5) is 38.4. The molecule has 2 rings (SSSR count). The summed E-state index contributed by atoms with van der Waals surface area (Å²) in [6.07, 6.45) is -0.451. The van der Waals surface area contributed by atoms with Crippen LogP contribution in [0.25, 0.3) is 0 Å². The Morgan fingerprint density at radius 1 is 1.19 bits per heavy atom. The Kier molecular flexibility index (Phi) is 6.13. The SMILES string of the molecule is CC(C)[C@H](NC(=O)OC(C)(C)C)C(=O)N1Cc2ccccc2C[C@@H]1C(=O)O. The topological polar surface area (TPSA) is 95.9 Å². The molecule has 0 radical (unpaired) electrons. The molecular weight excluding hydrogens is 348 g/mol. The smallest absolute Gasteiger partial charge is 0.408 e. The highest BCUT2D eigenvalue weighted by Crippen LogP contribution is 2.25. The first-order valence-electron chi connectivity index (χ1n) is 9.09. The summed E-state index contributed by atoms with van der Waals surface area (Å²) in [5.41, 5.74) is 1.15. The Labute approximate surface area is 159 Å². The molecule has 1 aliphatic heterocycles. The third kappa shape index (κ3) is 5.21. The maximum atomic E-state index is 13.2. The molecule has 0 fully saturated rings. The second-order valence-electron chi connectivity index (χ2n) is 8.16. The number of nitrogens with zero attached hydrogens (tertiary/aromatic N) is 1. The lowest BCUT2D eigenvalue weighted by Gasteiger charge is -2.37. The molecule has 7 nitrogen and oxygen atoms in total. The Morgan fingerprint density at radius 3 is 2.30 bits per heavy atom. The molecule has 0 saturated heterocycles. The molecule has 1 heterocycles. The van der Waals surface area contributed by atoms with Gasteiger partial charge in [-0.05, 0) is 37.8 Å². The Hall–Kier alpha value is -2.57. The highest BCUT2D eigenvalue weighted by Gasteiger charge is 2.39. The molecular formula is C20H28N2O5. The minimum Gasteiger partial charge on any atom is -0.480 e. The van der Waals surface area contributed by atoms with Crippen molar-refractivity contribution in [3.8, 4) is 0 Å². The van der Waals surface area contributed by atoms with Gasteiger partial charge in [0.2, 0.25) is 5.91 Å². The number of hydrogen-bond donors (Lipinski definition) is 2. The number of benzene rings is 1. The molecule has 1 aromatic rings. The van der Waals surface area contributed by atoms with Gasteiger partial charge in [0.25, 0.3) is 0 Å². The van der Waals surface area contributed by atoms with Gasteiger partial charge in [-0.1, -0.05) is 38.1 Å². The molecule has 2 N–H and O–H groups in total. The fourth-order valence-electron chi connectivity index (χ4n) is 3.10. The van der Waals surface area contributed by atoms with E-state index in [1.54, 1.807) is 34.6 Å². The third-order valence-electron chi connectivity index (χ3n) is 4.42. The number of aliphatic carboxylic acids is 1. The van der Waals surface area contributed by atoms with Crippen LogP contribution in [-0.2, 0) is 27.3 Å². The van der Waals surface area contributed by atoms with Crippen molar-refractivity contribution in [2.45, 2.75) is 65.3 Å². The zero-order chi connectivity index (χ0) is 20.4. The van der Waals surface area contributed by atoms with Crippen LogP contribution in [0.5, 0.6) is 0 Å². The zero-order valence-corrected chi connectivity index (χ0v) is 16.5. The van der Waals surface area contributed by atoms with Crippen LogP contribution < -0.4 is 5.32 Å². The molecule has 7 heteroatoms. The van der Waals surface area contributed by atoms with Gasteiger partial charge in [-0.3, -0.25) is 4.79 Å². The van der Waals surface area contributed by atoms with Crippen molar-refractivity contribution in [1.82, 2.24) is 10.2 Å². The van der Waals surface area contributed by atoms with Crippen molar-refractivity contribution in [2.24, 2.45) is 5.92 Å². The molecule has 0 spiro atoms. The van der Waals surface area contributed by atoms with Crippen molar-refractivity contribution >= 4 is 18.0 Å². The molecule has 27 heavy (non-hydrogen) atoms. The van der Waals surface area contributed by atoms with Crippen molar-refractivity contribution in [3.63, 3.8) is 0 Å². The van der Waals surface area contributed by atoms with E-state index >= 15 is 0 Å². The van der Waals surface area contributed by atoms with Crippen LogP contribution in [0.2, 0.25) is 0 Å². The fourth-order valence-corrected chi connectivity index (χ4v) is 3.10. The molecule has 0 bridgehead atoms. The van der Waals surface area contributed by atoms with Crippen LogP contribution >= 0.6 is 0 Å². The summed E-state index contributed by atoms with van der Waals surface area (Å²) < 4.78 is 5.25. The molecule has 2 atom stereocenters. The number of alkyl carbamates (subject to hydrolysis) is 1. The van der Waals surface area contributed by atoms with E-state index in [0.717, 1.165) is 11.1 Å². The molecule has 1 aromatic carbocycles. The summed E-state index contributed by atoms with van der Waals surface area (Å²) >= 11 is 0. The molecule has 1 aliphatic rings. The average molecular weight is 376 g/mol. The minimum absolute atomic E-state index is 0.200. The van der Waals surface area contributed by atoms with Crippen LogP contribution in [0.4, 0.5) is 4.79 Å². The van der Waals surface area contributed by atoms with Gasteiger partial charge >= 0.3 is 12.1 Å². The van der Waals surface area contributed by atoms with Crippen molar-refractivity contribution < 1.29 is 24.2 Å². The van der Waals surface area contributed by atoms with E-state index in [-0.39, 0.29) is 18.9 Å². The number of fused-ring (bicyclic) bond motifs is 1. The lowest BCUT2D eigenvalue weighted by molar-refractivity contribution is -0.152. The number of carboxylic acid groups (broad SMARTS) is 1. The quantitative estimate of drug-likeness (QED) is 0.842. The summed E-state index contributed by atoms with van der Waals surface area (Å²) in [6, 6.07) is 5.66. The molecule has 0 saturated carbocycles. The largest absolute Gasteiger partial charge is 0.480 e. The van der Waals surface area contributed by atoms with Gasteiger partial charge in [0, 0.05) is 13.0 Å². The number of carbonyl (C=O) groups is 3. The van der Waals surface area contributed by atoms with Gasteiger partial charge in [0.15, 0.2) is 0 Å². The first-order valence-corrected chi connectivity index (χ1v) is 9.09. The summed E-state index contributed by atoms with van der Waals surface area (Å²) in [5.74, 6) is -1.70. The van der Waals surface area contributed by atoms with Crippen molar-refractivity contribution in [2.75, 3.05) is 0 Å². The van der Waals surface area contributed by atoms with Crippen LogP contribution in [-0.4, -0.2) is 45.7 Å². The molecule has 0 aliphatic carbocycles. The number of amides is 2. The van der Waals surface area contributed by atoms with Crippen molar-refractivity contribution in [1.29, 1.82) is 0 Å². The maximum absolute atomic E-state index is 13.2. The van der Waals surface area contributed by atoms with Gasteiger partial charge in [-0.25, -0.2) is 9.59 Å². The molecule has 2 amide bonds. The average Bonchev–Trinajstić information content (AvgIpc) is 2.56. The summed E-state index contributed by atoms with van der Waals surface area (Å²) in [5, 5.41) is 12.2. The van der Waals surface area contributed by atoms with E-state index in [1.807, 2.05) is 24.3 Å². The number of ether oxygens (including phenoxy) is 1. The van der Waals surface area contributed by atoms with E-state index in [2.05, 4.69) is 5.32 Å². The maximum Gasteiger partial charge on any atom is 0.408 e.